The van der Waals surface area contributed by atoms with E-state index >= 15 is 0 Å². The van der Waals surface area contributed by atoms with Crippen molar-refractivity contribution in [2.45, 2.75) is 50.4 Å². The van der Waals surface area contributed by atoms with Crippen molar-refractivity contribution in [3.8, 4) is 0 Å². The quantitative estimate of drug-likeness (QED) is 0.781. The van der Waals surface area contributed by atoms with E-state index in [1.165, 1.54) is 12.5 Å². The number of hydrogen-bond donors (Lipinski definition) is 0. The van der Waals surface area contributed by atoms with Gasteiger partial charge in [-0.3, -0.25) is 9.59 Å². The van der Waals surface area contributed by atoms with E-state index in [1.54, 1.807) is 6.92 Å². The lowest BCUT2D eigenvalue weighted by atomic mass is 9.91. The Kier molecular flexibility index (Phi) is 4.78. The molecule has 0 amide bonds. The molecule has 0 aliphatic heterocycles. The van der Waals surface area contributed by atoms with Crippen molar-refractivity contribution in [3.63, 3.8) is 0 Å². The molecule has 0 atom stereocenters. The van der Waals surface area contributed by atoms with Crippen molar-refractivity contribution in [2.24, 2.45) is 0 Å². The highest BCUT2D eigenvalue weighted by atomic mass is 19.1. The molecule has 0 heterocycles. The van der Waals surface area contributed by atoms with Gasteiger partial charge in [-0.15, -0.1) is 0 Å². The summed E-state index contributed by atoms with van der Waals surface area (Å²) in [6, 6.07) is 13.4. The summed E-state index contributed by atoms with van der Waals surface area (Å²) in [6.07, 6.45) is 3.32. The molecule has 26 heavy (non-hydrogen) atoms. The monoisotopic (exact) mass is 356 g/mol. The molecule has 2 aliphatic carbocycles. The van der Waals surface area contributed by atoms with Crippen LogP contribution in [0.4, 0.5) is 8.78 Å². The number of rotatable bonds is 4. The maximum Gasteiger partial charge on any atom is 0.140 e. The van der Waals surface area contributed by atoms with E-state index in [2.05, 4.69) is 12.1 Å². The number of ketones is 2. The first-order chi connectivity index (χ1) is 12.3. The Hall–Kier alpha value is -2.36. The summed E-state index contributed by atoms with van der Waals surface area (Å²) in [5.41, 5.74) is 0.579. The van der Waals surface area contributed by atoms with Gasteiger partial charge in [-0.2, -0.15) is 0 Å². The Morgan fingerprint density at radius 3 is 1.81 bits per heavy atom. The minimum Gasteiger partial charge on any atom is -0.299 e. The first-order valence-electron chi connectivity index (χ1n) is 8.85. The normalized spacial score (nSPS) is 18.3. The number of hydrogen-bond acceptors (Lipinski definition) is 2. The third-order valence-corrected chi connectivity index (χ3v) is 5.62. The summed E-state index contributed by atoms with van der Waals surface area (Å²) in [5.74, 6) is -0.747. The van der Waals surface area contributed by atoms with Crippen molar-refractivity contribution < 1.29 is 18.4 Å². The van der Waals surface area contributed by atoms with Gasteiger partial charge in [0.05, 0.1) is 10.8 Å². The van der Waals surface area contributed by atoms with Crippen LogP contribution in [0.3, 0.4) is 0 Å². The second-order valence-electron chi connectivity index (χ2n) is 7.27. The third kappa shape index (κ3) is 3.33. The Balaban J connectivity index is 0.000000152. The van der Waals surface area contributed by atoms with Gasteiger partial charge in [0, 0.05) is 5.56 Å². The predicted molar refractivity (Wildman–Crippen MR) is 96.0 cm³/mol. The molecule has 4 heteroatoms. The molecule has 0 radical (unpaired) electrons. The number of Topliss-reactive ketones (excluding diaryl/α,β-unsaturated/α-hetero) is 2. The molecule has 2 saturated carbocycles. The molecule has 136 valence electrons. The molecule has 2 nitrogen and oxygen atoms in total. The summed E-state index contributed by atoms with van der Waals surface area (Å²) in [7, 11) is 0. The highest BCUT2D eigenvalue weighted by Gasteiger charge is 2.50. The Bertz CT molecular complexity index is 834. The van der Waals surface area contributed by atoms with Gasteiger partial charge in [-0.25, -0.2) is 8.78 Å². The first-order valence-corrected chi connectivity index (χ1v) is 8.85. The summed E-state index contributed by atoms with van der Waals surface area (Å²) >= 11 is 0. The van der Waals surface area contributed by atoms with Gasteiger partial charge < -0.3 is 0 Å². The van der Waals surface area contributed by atoms with Gasteiger partial charge >= 0.3 is 0 Å². The molecular formula is C22H22F2O2. The first kappa shape index (κ1) is 18.4. The Labute approximate surface area is 152 Å². The average Bonchev–Trinajstić information content (AvgIpc) is 3.52. The van der Waals surface area contributed by atoms with Crippen LogP contribution >= 0.6 is 0 Å². The largest absolute Gasteiger partial charge is 0.299 e. The lowest BCUT2D eigenvalue weighted by molar-refractivity contribution is -0.120. The summed E-state index contributed by atoms with van der Waals surface area (Å²) < 4.78 is 26.2. The molecule has 2 aromatic rings. The summed E-state index contributed by atoms with van der Waals surface area (Å²) in [4.78, 5) is 22.6. The van der Waals surface area contributed by atoms with Gasteiger partial charge in [-0.1, -0.05) is 30.3 Å². The van der Waals surface area contributed by atoms with E-state index in [0.29, 0.717) is 18.6 Å². The van der Waals surface area contributed by atoms with Crippen molar-refractivity contribution in [1.82, 2.24) is 0 Å². The van der Waals surface area contributed by atoms with Gasteiger partial charge in [0.25, 0.3) is 0 Å². The van der Waals surface area contributed by atoms with Gasteiger partial charge in [0.15, 0.2) is 0 Å². The van der Waals surface area contributed by atoms with Crippen LogP contribution in [0.15, 0.2) is 48.5 Å². The van der Waals surface area contributed by atoms with Crippen LogP contribution in [0.5, 0.6) is 0 Å². The summed E-state index contributed by atoms with van der Waals surface area (Å²) in [6.45, 7) is 3.12. The molecule has 0 spiro atoms. The molecule has 2 fully saturated rings. The van der Waals surface area contributed by atoms with E-state index in [1.807, 2.05) is 18.2 Å². The van der Waals surface area contributed by atoms with Gasteiger partial charge in [0.2, 0.25) is 0 Å². The van der Waals surface area contributed by atoms with Crippen LogP contribution < -0.4 is 0 Å². The molecule has 0 aromatic heterocycles. The van der Waals surface area contributed by atoms with E-state index in [0.717, 1.165) is 31.0 Å². The van der Waals surface area contributed by atoms with Crippen LogP contribution in [0, 0.1) is 11.6 Å². The molecular weight excluding hydrogens is 334 g/mol. The lowest BCUT2D eigenvalue weighted by Gasteiger charge is -2.12. The molecule has 2 aromatic carbocycles. The Morgan fingerprint density at radius 2 is 1.35 bits per heavy atom. The number of carbonyl (C=O) groups is 2. The standard InChI is InChI=1S/C11H10F2O.C11H12O/c1-7(14)11(4-5-11)9-6-8(12)2-3-10(9)13;1-9(12)11(7-8-11)10-5-3-2-4-6-10/h2-3,6H,4-5H2,1H3;2-6H,7-8H2,1H3. The smallest absolute Gasteiger partial charge is 0.140 e. The maximum atomic E-state index is 13.3. The van der Waals surface area contributed by atoms with Crippen molar-refractivity contribution >= 4 is 11.6 Å². The average molecular weight is 356 g/mol. The molecule has 4 rings (SSSR count). The Morgan fingerprint density at radius 1 is 0.808 bits per heavy atom. The topological polar surface area (TPSA) is 34.1 Å². The molecule has 0 bridgehead atoms. The SMILES string of the molecule is CC(=O)C1(c2cc(F)ccc2F)CC1.CC(=O)C1(c2ccccc2)CC1. The molecule has 0 unspecified atom stereocenters. The van der Waals surface area contributed by atoms with E-state index in [9.17, 15) is 18.4 Å². The minimum atomic E-state index is -0.730. The molecule has 0 N–H and O–H groups in total. The maximum absolute atomic E-state index is 13.3. The number of benzene rings is 2. The molecule has 2 aliphatic rings. The van der Waals surface area contributed by atoms with Gasteiger partial charge in [0.1, 0.15) is 23.2 Å². The van der Waals surface area contributed by atoms with E-state index in [4.69, 9.17) is 0 Å². The fourth-order valence-corrected chi connectivity index (χ4v) is 3.53. The predicted octanol–water partition coefficient (Wildman–Crippen LogP) is 4.89. The second-order valence-corrected chi connectivity index (χ2v) is 7.27. The highest BCUT2D eigenvalue weighted by molar-refractivity contribution is 5.91. The number of halogens is 2. The number of carbonyl (C=O) groups excluding carboxylic acids is 2. The van der Waals surface area contributed by atoms with Crippen molar-refractivity contribution in [1.29, 1.82) is 0 Å². The van der Waals surface area contributed by atoms with Crippen LogP contribution in [-0.2, 0) is 20.4 Å². The highest BCUT2D eigenvalue weighted by Crippen LogP contribution is 2.50. The van der Waals surface area contributed by atoms with Crippen LogP contribution in [0.2, 0.25) is 0 Å². The minimum absolute atomic E-state index is 0.0815. The second kappa shape index (κ2) is 6.75. The van der Waals surface area contributed by atoms with Crippen LogP contribution in [-0.4, -0.2) is 11.6 Å². The van der Waals surface area contributed by atoms with E-state index < -0.39 is 17.0 Å². The van der Waals surface area contributed by atoms with Crippen LogP contribution in [0.1, 0.15) is 50.7 Å². The fourth-order valence-electron chi connectivity index (χ4n) is 3.53. The third-order valence-electron chi connectivity index (χ3n) is 5.62. The van der Waals surface area contributed by atoms with Crippen molar-refractivity contribution in [2.75, 3.05) is 0 Å². The zero-order valence-electron chi connectivity index (χ0n) is 15.0. The lowest BCUT2D eigenvalue weighted by Crippen LogP contribution is -2.18. The van der Waals surface area contributed by atoms with Crippen molar-refractivity contribution in [3.05, 3.63) is 71.3 Å². The van der Waals surface area contributed by atoms with Gasteiger partial charge in [-0.05, 0) is 63.3 Å². The van der Waals surface area contributed by atoms with Crippen LogP contribution in [0.25, 0.3) is 0 Å². The summed E-state index contributed by atoms with van der Waals surface area (Å²) in [5, 5.41) is 0. The zero-order valence-corrected chi connectivity index (χ0v) is 15.0. The fraction of sp³-hybridized carbons (Fsp3) is 0.364. The van der Waals surface area contributed by atoms with E-state index in [-0.39, 0.29) is 16.8 Å². The zero-order chi connectivity index (χ0) is 18.9. The molecule has 0 saturated heterocycles.